The van der Waals surface area contributed by atoms with Gasteiger partial charge in [0.25, 0.3) is 0 Å². The van der Waals surface area contributed by atoms with Gasteiger partial charge >= 0.3 is 11.9 Å². The van der Waals surface area contributed by atoms with Gasteiger partial charge in [-0.1, -0.05) is 50.6 Å². The Bertz CT molecular complexity index is 441. The van der Waals surface area contributed by atoms with Crippen LogP contribution in [0.4, 0.5) is 0 Å². The second-order valence-corrected chi connectivity index (χ2v) is 5.17. The third kappa shape index (κ3) is 5.98. The predicted octanol–water partition coefficient (Wildman–Crippen LogP) is 3.44. The van der Waals surface area contributed by atoms with Crippen LogP contribution in [0.1, 0.15) is 45.1 Å². The third-order valence-electron chi connectivity index (χ3n) is 3.48. The maximum Gasteiger partial charge on any atom is 0.320 e. The summed E-state index contributed by atoms with van der Waals surface area (Å²) in [4.78, 5) is 22.9. The number of carboxylic acid groups (broad SMARTS) is 1. The number of carboxylic acids is 1. The van der Waals surface area contributed by atoms with Crippen molar-refractivity contribution in [3.63, 3.8) is 0 Å². The fourth-order valence-electron chi connectivity index (χ4n) is 2.24. The first-order chi connectivity index (χ1) is 10.1. The molecule has 1 N–H and O–H groups in total. The molecule has 0 aliphatic carbocycles. The molecule has 4 nitrogen and oxygen atoms in total. The summed E-state index contributed by atoms with van der Waals surface area (Å²) in [5.41, 5.74) is 1.19. The summed E-state index contributed by atoms with van der Waals surface area (Å²) in [6, 6.07) is 10.0. The minimum Gasteiger partial charge on any atom is -0.481 e. The van der Waals surface area contributed by atoms with Gasteiger partial charge in [0.2, 0.25) is 0 Å². The number of carbonyl (C=O) groups is 2. The second kappa shape index (κ2) is 9.16. The summed E-state index contributed by atoms with van der Waals surface area (Å²) in [5, 5.41) is 8.99. The van der Waals surface area contributed by atoms with Crippen molar-refractivity contribution in [2.75, 3.05) is 0 Å². The standard InChI is InChI=1S/C17H24O4/c1-3-8-14(12-11-13-9-6-5-7-10-13)21-17(20)15(4-2)16(18)19/h5-7,9-10,14-15H,3-4,8,11-12H2,1-2H3,(H,18,19). The quantitative estimate of drug-likeness (QED) is 0.559. The van der Waals surface area contributed by atoms with Crippen LogP contribution in [0.2, 0.25) is 0 Å². The Kier molecular flexibility index (Phi) is 7.51. The first-order valence-corrected chi connectivity index (χ1v) is 7.55. The van der Waals surface area contributed by atoms with Crippen molar-refractivity contribution in [2.45, 2.75) is 52.1 Å². The molecule has 0 bridgehead atoms. The van der Waals surface area contributed by atoms with Crippen molar-refractivity contribution in [1.82, 2.24) is 0 Å². The summed E-state index contributed by atoms with van der Waals surface area (Å²) in [7, 11) is 0. The van der Waals surface area contributed by atoms with Crippen molar-refractivity contribution in [3.8, 4) is 0 Å². The molecule has 0 saturated carbocycles. The second-order valence-electron chi connectivity index (χ2n) is 5.17. The number of hydrogen-bond acceptors (Lipinski definition) is 3. The molecule has 0 radical (unpaired) electrons. The molecular weight excluding hydrogens is 268 g/mol. The van der Waals surface area contributed by atoms with Gasteiger partial charge in [-0.15, -0.1) is 0 Å². The fraction of sp³-hybridized carbons (Fsp3) is 0.529. The van der Waals surface area contributed by atoms with E-state index in [0.717, 1.165) is 25.7 Å². The zero-order valence-corrected chi connectivity index (χ0v) is 12.7. The minimum absolute atomic E-state index is 0.212. The van der Waals surface area contributed by atoms with E-state index in [1.54, 1.807) is 6.92 Å². The smallest absolute Gasteiger partial charge is 0.320 e. The Morgan fingerprint density at radius 1 is 1.14 bits per heavy atom. The van der Waals surface area contributed by atoms with Gasteiger partial charge in [-0.3, -0.25) is 9.59 Å². The van der Waals surface area contributed by atoms with Gasteiger partial charge in [-0.05, 0) is 31.2 Å². The Balaban J connectivity index is 2.56. The molecule has 0 aromatic heterocycles. The number of ether oxygens (including phenoxy) is 1. The van der Waals surface area contributed by atoms with Gasteiger partial charge in [0, 0.05) is 0 Å². The molecule has 1 aromatic rings. The van der Waals surface area contributed by atoms with Crippen LogP contribution in [0.25, 0.3) is 0 Å². The molecule has 0 fully saturated rings. The lowest BCUT2D eigenvalue weighted by atomic mass is 10.0. The largest absolute Gasteiger partial charge is 0.481 e. The molecule has 0 aliphatic heterocycles. The molecule has 0 heterocycles. The van der Waals surface area contributed by atoms with Crippen LogP contribution in [0, 0.1) is 5.92 Å². The molecule has 1 rings (SSSR count). The van der Waals surface area contributed by atoms with Crippen molar-refractivity contribution in [1.29, 1.82) is 0 Å². The van der Waals surface area contributed by atoms with Crippen molar-refractivity contribution >= 4 is 11.9 Å². The van der Waals surface area contributed by atoms with E-state index in [-0.39, 0.29) is 12.5 Å². The summed E-state index contributed by atoms with van der Waals surface area (Å²) in [6.07, 6.45) is 3.25. The number of aliphatic carboxylic acids is 1. The lowest BCUT2D eigenvalue weighted by molar-refractivity contribution is -0.163. The first kappa shape index (κ1) is 17.2. The van der Waals surface area contributed by atoms with Crippen LogP contribution in [0.5, 0.6) is 0 Å². The van der Waals surface area contributed by atoms with Gasteiger partial charge in [0.15, 0.2) is 5.92 Å². The fourth-order valence-corrected chi connectivity index (χ4v) is 2.24. The average molecular weight is 292 g/mol. The molecule has 21 heavy (non-hydrogen) atoms. The van der Waals surface area contributed by atoms with Crippen LogP contribution in [0.15, 0.2) is 30.3 Å². The van der Waals surface area contributed by atoms with E-state index in [9.17, 15) is 9.59 Å². The highest BCUT2D eigenvalue weighted by molar-refractivity contribution is 5.93. The van der Waals surface area contributed by atoms with Crippen molar-refractivity contribution < 1.29 is 19.4 Å². The molecule has 1 aromatic carbocycles. The highest BCUT2D eigenvalue weighted by atomic mass is 16.5. The monoisotopic (exact) mass is 292 g/mol. The molecule has 116 valence electrons. The Morgan fingerprint density at radius 2 is 1.81 bits per heavy atom. The van der Waals surface area contributed by atoms with E-state index in [4.69, 9.17) is 9.84 Å². The number of rotatable bonds is 9. The van der Waals surface area contributed by atoms with Crippen LogP contribution < -0.4 is 0 Å². The number of aryl methyl sites for hydroxylation is 1. The first-order valence-electron chi connectivity index (χ1n) is 7.55. The summed E-state index contributed by atoms with van der Waals surface area (Å²) in [6.45, 7) is 3.71. The van der Waals surface area contributed by atoms with Gasteiger partial charge in [-0.25, -0.2) is 0 Å². The zero-order valence-electron chi connectivity index (χ0n) is 12.7. The van der Waals surface area contributed by atoms with E-state index >= 15 is 0 Å². The van der Waals surface area contributed by atoms with E-state index in [2.05, 4.69) is 0 Å². The average Bonchev–Trinajstić information content (AvgIpc) is 2.46. The Hall–Kier alpha value is -1.84. The van der Waals surface area contributed by atoms with Gasteiger partial charge < -0.3 is 9.84 Å². The van der Waals surface area contributed by atoms with E-state index < -0.39 is 17.9 Å². The van der Waals surface area contributed by atoms with Gasteiger partial charge in [0.1, 0.15) is 6.10 Å². The predicted molar refractivity (Wildman–Crippen MR) is 81.0 cm³/mol. The Morgan fingerprint density at radius 3 is 2.33 bits per heavy atom. The molecule has 2 unspecified atom stereocenters. The summed E-state index contributed by atoms with van der Waals surface area (Å²) < 4.78 is 5.41. The van der Waals surface area contributed by atoms with E-state index in [1.165, 1.54) is 5.56 Å². The number of hydrogen-bond donors (Lipinski definition) is 1. The van der Waals surface area contributed by atoms with Crippen LogP contribution >= 0.6 is 0 Å². The molecule has 0 saturated heterocycles. The van der Waals surface area contributed by atoms with E-state index in [1.807, 2.05) is 37.3 Å². The lowest BCUT2D eigenvalue weighted by Gasteiger charge is -2.19. The molecule has 4 heteroatoms. The van der Waals surface area contributed by atoms with Crippen molar-refractivity contribution in [2.24, 2.45) is 5.92 Å². The molecule has 0 spiro atoms. The molecule has 2 atom stereocenters. The summed E-state index contributed by atoms with van der Waals surface area (Å²) >= 11 is 0. The molecule has 0 amide bonds. The normalized spacial score (nSPS) is 13.4. The maximum absolute atomic E-state index is 11.9. The highest BCUT2D eigenvalue weighted by Gasteiger charge is 2.27. The third-order valence-corrected chi connectivity index (χ3v) is 3.48. The number of carbonyl (C=O) groups excluding carboxylic acids is 1. The van der Waals surface area contributed by atoms with E-state index in [0.29, 0.717) is 0 Å². The van der Waals surface area contributed by atoms with Gasteiger partial charge in [0.05, 0.1) is 0 Å². The summed E-state index contributed by atoms with van der Waals surface area (Å²) in [5.74, 6) is -2.78. The topological polar surface area (TPSA) is 63.6 Å². The van der Waals surface area contributed by atoms with Gasteiger partial charge in [-0.2, -0.15) is 0 Å². The molecular formula is C17H24O4. The SMILES string of the molecule is CCCC(CCc1ccccc1)OC(=O)C(CC)C(=O)O. The number of benzene rings is 1. The Labute approximate surface area is 126 Å². The molecule has 0 aliphatic rings. The van der Waals surface area contributed by atoms with Crippen LogP contribution in [-0.2, 0) is 20.7 Å². The zero-order chi connectivity index (χ0) is 15.7. The lowest BCUT2D eigenvalue weighted by Crippen LogP contribution is -2.29. The number of esters is 1. The van der Waals surface area contributed by atoms with Crippen LogP contribution in [0.3, 0.4) is 0 Å². The van der Waals surface area contributed by atoms with Crippen molar-refractivity contribution in [3.05, 3.63) is 35.9 Å². The highest BCUT2D eigenvalue weighted by Crippen LogP contribution is 2.15. The maximum atomic E-state index is 11.9. The minimum atomic E-state index is -1.11. The van der Waals surface area contributed by atoms with Crippen LogP contribution in [-0.4, -0.2) is 23.1 Å².